The highest BCUT2D eigenvalue weighted by atomic mass is 14.2. The first-order valence-electron chi connectivity index (χ1n) is 5.18. The maximum absolute atomic E-state index is 4.02. The zero-order valence-electron chi connectivity index (χ0n) is 9.11. The van der Waals surface area contributed by atoms with E-state index in [1.54, 1.807) is 5.57 Å². The highest BCUT2D eigenvalue weighted by Gasteiger charge is 2.12. The van der Waals surface area contributed by atoms with Gasteiger partial charge in [-0.15, -0.1) is 0 Å². The molecule has 0 N–H and O–H groups in total. The van der Waals surface area contributed by atoms with E-state index in [0.717, 1.165) is 0 Å². The lowest BCUT2D eigenvalue weighted by atomic mass is 9.96. The van der Waals surface area contributed by atoms with E-state index < -0.39 is 0 Å². The molecule has 0 atom stereocenters. The van der Waals surface area contributed by atoms with Crippen LogP contribution >= 0.6 is 0 Å². The second-order valence-corrected chi connectivity index (χ2v) is 3.92. The lowest BCUT2D eigenvalue weighted by Gasteiger charge is -2.10. The number of hydrogen-bond acceptors (Lipinski definition) is 0. The van der Waals surface area contributed by atoms with Gasteiger partial charge < -0.3 is 0 Å². The molecule has 0 amide bonds. The molecule has 0 aromatic rings. The van der Waals surface area contributed by atoms with Gasteiger partial charge >= 0.3 is 0 Å². The van der Waals surface area contributed by atoms with E-state index in [2.05, 4.69) is 33.4 Å². The van der Waals surface area contributed by atoms with Gasteiger partial charge in [0.05, 0.1) is 0 Å². The summed E-state index contributed by atoms with van der Waals surface area (Å²) in [4.78, 5) is 0. The molecule has 1 fully saturated rings. The van der Waals surface area contributed by atoms with Gasteiger partial charge in [0.1, 0.15) is 0 Å². The van der Waals surface area contributed by atoms with Crippen LogP contribution in [-0.2, 0) is 0 Å². The van der Waals surface area contributed by atoms with Crippen molar-refractivity contribution in [2.75, 3.05) is 0 Å². The van der Waals surface area contributed by atoms with Crippen molar-refractivity contribution in [1.29, 1.82) is 0 Å². The maximum Gasteiger partial charge on any atom is -0.0247 e. The molecule has 0 aliphatic heterocycles. The fraction of sp³-hybridized carbons (Fsp3) is 0.538. The predicted molar refractivity (Wildman–Crippen MR) is 59.7 cm³/mol. The average molecular weight is 176 g/mol. The van der Waals surface area contributed by atoms with Crippen LogP contribution in [0.2, 0.25) is 0 Å². The Kier molecular flexibility index (Phi) is 3.53. The second-order valence-electron chi connectivity index (χ2n) is 3.92. The summed E-state index contributed by atoms with van der Waals surface area (Å²) in [5, 5.41) is 0. The van der Waals surface area contributed by atoms with E-state index in [1.165, 1.54) is 42.4 Å². The zero-order valence-corrected chi connectivity index (χ0v) is 9.11. The fourth-order valence-electron chi connectivity index (χ4n) is 2.15. The molecule has 1 aliphatic carbocycles. The van der Waals surface area contributed by atoms with E-state index in [0.29, 0.717) is 0 Å². The normalized spacial score (nSPS) is 17.8. The Morgan fingerprint density at radius 3 is 2.15 bits per heavy atom. The standard InChI is InChI=1S/C13H20/c1-5-13(10(2)3)11(4)12-8-6-7-9-12/h5H,2,6-9H2,1,3-4H3. The zero-order chi connectivity index (χ0) is 9.84. The van der Waals surface area contributed by atoms with Crippen LogP contribution in [-0.4, -0.2) is 0 Å². The van der Waals surface area contributed by atoms with Crippen LogP contribution in [0.5, 0.6) is 0 Å². The van der Waals surface area contributed by atoms with Crippen molar-refractivity contribution >= 4 is 0 Å². The van der Waals surface area contributed by atoms with E-state index in [9.17, 15) is 0 Å². The van der Waals surface area contributed by atoms with E-state index in [-0.39, 0.29) is 0 Å². The van der Waals surface area contributed by atoms with E-state index in [1.807, 2.05) is 0 Å². The van der Waals surface area contributed by atoms with Gasteiger partial charge in [-0.2, -0.15) is 0 Å². The Labute approximate surface area is 82.0 Å². The minimum absolute atomic E-state index is 1.19. The third-order valence-corrected chi connectivity index (χ3v) is 2.89. The Balaban J connectivity index is 2.92. The maximum atomic E-state index is 4.02. The van der Waals surface area contributed by atoms with Crippen molar-refractivity contribution < 1.29 is 0 Å². The van der Waals surface area contributed by atoms with Crippen LogP contribution in [0, 0.1) is 0 Å². The van der Waals surface area contributed by atoms with Crippen LogP contribution in [0.25, 0.3) is 0 Å². The van der Waals surface area contributed by atoms with Gasteiger partial charge in [0.2, 0.25) is 0 Å². The summed E-state index contributed by atoms with van der Waals surface area (Å²) in [7, 11) is 0. The second kappa shape index (κ2) is 4.45. The summed E-state index contributed by atoms with van der Waals surface area (Å²) < 4.78 is 0. The largest absolute Gasteiger partial charge is 0.0955 e. The molecule has 0 heteroatoms. The average Bonchev–Trinajstić information content (AvgIpc) is 2.56. The van der Waals surface area contributed by atoms with Gasteiger partial charge in [-0.25, -0.2) is 0 Å². The summed E-state index contributed by atoms with van der Waals surface area (Å²) in [5.74, 6) is 0. The molecule has 0 aromatic heterocycles. The number of rotatable bonds is 2. The molecule has 0 unspecified atom stereocenters. The Bertz CT molecular complexity index is 256. The van der Waals surface area contributed by atoms with Crippen LogP contribution in [0.4, 0.5) is 0 Å². The first kappa shape index (κ1) is 10.3. The Hall–Kier alpha value is -0.780. The first-order valence-corrected chi connectivity index (χ1v) is 5.18. The highest BCUT2D eigenvalue weighted by Crippen LogP contribution is 2.31. The van der Waals surface area contributed by atoms with Crippen molar-refractivity contribution in [3.8, 4) is 0 Å². The van der Waals surface area contributed by atoms with Crippen molar-refractivity contribution in [2.45, 2.75) is 46.5 Å². The molecule has 0 aromatic carbocycles. The minimum atomic E-state index is 1.19. The number of allylic oxidation sites excluding steroid dienone is 5. The molecule has 1 rings (SSSR count). The lowest BCUT2D eigenvalue weighted by molar-refractivity contribution is 0.886. The summed E-state index contributed by atoms with van der Waals surface area (Å²) >= 11 is 0. The molecule has 72 valence electrons. The van der Waals surface area contributed by atoms with Crippen molar-refractivity contribution in [3.63, 3.8) is 0 Å². The smallest absolute Gasteiger partial charge is 0.0247 e. The Morgan fingerprint density at radius 1 is 1.23 bits per heavy atom. The van der Waals surface area contributed by atoms with Crippen LogP contribution in [0.3, 0.4) is 0 Å². The molecule has 0 bridgehead atoms. The van der Waals surface area contributed by atoms with Crippen LogP contribution in [0.1, 0.15) is 46.5 Å². The van der Waals surface area contributed by atoms with E-state index >= 15 is 0 Å². The first-order chi connectivity index (χ1) is 6.16. The van der Waals surface area contributed by atoms with Gasteiger partial charge in [0.25, 0.3) is 0 Å². The molecule has 0 spiro atoms. The third-order valence-electron chi connectivity index (χ3n) is 2.89. The molecular weight excluding hydrogens is 156 g/mol. The molecule has 13 heavy (non-hydrogen) atoms. The molecule has 1 aliphatic rings. The molecule has 1 saturated carbocycles. The minimum Gasteiger partial charge on any atom is -0.0955 e. The highest BCUT2D eigenvalue weighted by molar-refractivity contribution is 5.45. The molecule has 0 nitrogen and oxygen atoms in total. The topological polar surface area (TPSA) is 0 Å². The van der Waals surface area contributed by atoms with Crippen LogP contribution in [0.15, 0.2) is 34.9 Å². The van der Waals surface area contributed by atoms with Gasteiger partial charge in [0.15, 0.2) is 0 Å². The van der Waals surface area contributed by atoms with Crippen LogP contribution < -0.4 is 0 Å². The number of hydrogen-bond donors (Lipinski definition) is 0. The van der Waals surface area contributed by atoms with E-state index in [4.69, 9.17) is 0 Å². The summed E-state index contributed by atoms with van der Waals surface area (Å²) in [6.45, 7) is 10.4. The predicted octanol–water partition coefficient (Wildman–Crippen LogP) is 4.40. The molecule has 0 radical (unpaired) electrons. The van der Waals surface area contributed by atoms with Crippen molar-refractivity contribution in [1.82, 2.24) is 0 Å². The third kappa shape index (κ3) is 2.33. The quantitative estimate of drug-likeness (QED) is 0.547. The summed E-state index contributed by atoms with van der Waals surface area (Å²) in [5.41, 5.74) is 5.68. The SMILES string of the molecule is C=C(C)C(=CC)C(C)=C1CCCC1. The fourth-order valence-corrected chi connectivity index (χ4v) is 2.15. The lowest BCUT2D eigenvalue weighted by Crippen LogP contribution is -1.90. The van der Waals surface area contributed by atoms with Gasteiger partial charge in [-0.05, 0) is 57.6 Å². The van der Waals surface area contributed by atoms with Crippen molar-refractivity contribution in [2.24, 2.45) is 0 Å². The monoisotopic (exact) mass is 176 g/mol. The summed E-state index contributed by atoms with van der Waals surface area (Å²) in [6.07, 6.45) is 7.54. The van der Waals surface area contributed by atoms with Gasteiger partial charge in [-0.3, -0.25) is 0 Å². The molecule has 0 heterocycles. The summed E-state index contributed by atoms with van der Waals surface area (Å²) in [6, 6.07) is 0. The van der Waals surface area contributed by atoms with Gasteiger partial charge in [0, 0.05) is 0 Å². The van der Waals surface area contributed by atoms with Crippen molar-refractivity contribution in [3.05, 3.63) is 34.9 Å². The molecule has 0 saturated heterocycles. The Morgan fingerprint density at radius 2 is 1.77 bits per heavy atom. The van der Waals surface area contributed by atoms with Gasteiger partial charge in [-0.1, -0.05) is 23.8 Å². The molecular formula is C13H20.